The first kappa shape index (κ1) is 23.0. The molecule has 1 aliphatic rings. The summed E-state index contributed by atoms with van der Waals surface area (Å²) in [5.41, 5.74) is 0.779. The highest BCUT2D eigenvalue weighted by Gasteiger charge is 2.27. The first-order chi connectivity index (χ1) is 15.5. The minimum atomic E-state index is -0.310. The second-order valence-electron chi connectivity index (χ2n) is 8.40. The highest BCUT2D eigenvalue weighted by atomic mass is 32.2. The van der Waals surface area contributed by atoms with Gasteiger partial charge < -0.3 is 9.47 Å². The maximum absolute atomic E-state index is 13.5. The molecule has 1 saturated carbocycles. The van der Waals surface area contributed by atoms with Crippen LogP contribution in [0, 0.1) is 5.82 Å². The van der Waals surface area contributed by atoms with Gasteiger partial charge in [-0.15, -0.1) is 21.5 Å². The molecular weight excluding hydrogens is 443 g/mol. The Bertz CT molecular complexity index is 1030. The Morgan fingerprint density at radius 1 is 1.25 bits per heavy atom. The van der Waals surface area contributed by atoms with E-state index >= 15 is 0 Å². The number of hydrogen-bond acceptors (Lipinski definition) is 5. The number of halogens is 1. The van der Waals surface area contributed by atoms with E-state index in [1.54, 1.807) is 29.4 Å². The standard InChI is InChI=1S/C24H29FN4OS2/c1-17(23(30)28(2)16-18-8-6-9-19(25)14-18)32-24-27-26-22(15-21-12-7-13-31-21)29(24)20-10-4-3-5-11-20/h6-9,12-14,17,20H,3-5,10-11,15-16H2,1-2H3/t17-/m0/s1. The number of amides is 1. The van der Waals surface area contributed by atoms with Gasteiger partial charge in [-0.3, -0.25) is 4.79 Å². The molecular formula is C24H29FN4OS2. The molecule has 1 atom stereocenters. The van der Waals surface area contributed by atoms with Crippen LogP contribution in [-0.4, -0.2) is 37.9 Å². The van der Waals surface area contributed by atoms with Gasteiger partial charge in [0.15, 0.2) is 5.16 Å². The molecule has 0 spiro atoms. The third-order valence-corrected chi connectivity index (χ3v) is 7.82. The van der Waals surface area contributed by atoms with E-state index in [1.165, 1.54) is 48.0 Å². The fourth-order valence-corrected chi connectivity index (χ4v) is 6.04. The molecule has 0 saturated heterocycles. The van der Waals surface area contributed by atoms with Crippen LogP contribution in [0.15, 0.2) is 46.9 Å². The van der Waals surface area contributed by atoms with Crippen LogP contribution in [0.4, 0.5) is 4.39 Å². The number of thioether (sulfide) groups is 1. The number of benzene rings is 1. The predicted octanol–water partition coefficient (Wildman–Crippen LogP) is 5.71. The van der Waals surface area contributed by atoms with Crippen LogP contribution in [0.1, 0.15) is 61.3 Å². The number of hydrogen-bond donors (Lipinski definition) is 0. The van der Waals surface area contributed by atoms with Crippen LogP contribution in [0.25, 0.3) is 0 Å². The Morgan fingerprint density at radius 3 is 2.78 bits per heavy atom. The van der Waals surface area contributed by atoms with Crippen LogP contribution in [0.2, 0.25) is 0 Å². The number of rotatable bonds is 8. The molecule has 5 nitrogen and oxygen atoms in total. The summed E-state index contributed by atoms with van der Waals surface area (Å²) in [6.45, 7) is 2.29. The van der Waals surface area contributed by atoms with Gasteiger partial charge in [-0.05, 0) is 48.9 Å². The van der Waals surface area contributed by atoms with Gasteiger partial charge in [0, 0.05) is 30.9 Å². The monoisotopic (exact) mass is 472 g/mol. The molecule has 1 aromatic carbocycles. The molecule has 2 heterocycles. The number of thiophene rings is 1. The molecule has 0 bridgehead atoms. The molecule has 4 rings (SSSR count). The molecule has 32 heavy (non-hydrogen) atoms. The van der Waals surface area contributed by atoms with E-state index in [0.717, 1.165) is 35.8 Å². The number of nitrogens with zero attached hydrogens (tertiary/aromatic N) is 4. The van der Waals surface area contributed by atoms with Crippen LogP contribution in [0.3, 0.4) is 0 Å². The molecule has 0 aliphatic heterocycles. The molecule has 0 unspecified atom stereocenters. The van der Waals surface area contributed by atoms with Crippen molar-refractivity contribution in [3.8, 4) is 0 Å². The second kappa shape index (κ2) is 10.6. The molecule has 0 radical (unpaired) electrons. The molecule has 170 valence electrons. The topological polar surface area (TPSA) is 51.0 Å². The van der Waals surface area contributed by atoms with Crippen molar-refractivity contribution in [2.45, 2.75) is 68.4 Å². The van der Waals surface area contributed by atoms with E-state index in [0.29, 0.717) is 12.6 Å². The van der Waals surface area contributed by atoms with Crippen LogP contribution in [0.5, 0.6) is 0 Å². The summed E-state index contributed by atoms with van der Waals surface area (Å²) < 4.78 is 15.8. The molecule has 1 fully saturated rings. The maximum atomic E-state index is 13.5. The van der Waals surface area contributed by atoms with Gasteiger partial charge in [0.2, 0.25) is 5.91 Å². The van der Waals surface area contributed by atoms with Gasteiger partial charge in [0.25, 0.3) is 0 Å². The largest absolute Gasteiger partial charge is 0.340 e. The fraction of sp³-hybridized carbons (Fsp3) is 0.458. The molecule has 1 amide bonds. The minimum absolute atomic E-state index is 0.00254. The molecule has 8 heteroatoms. The average molecular weight is 473 g/mol. The van der Waals surface area contributed by atoms with Crippen molar-refractivity contribution in [2.75, 3.05) is 7.05 Å². The first-order valence-electron chi connectivity index (χ1n) is 11.1. The van der Waals surface area contributed by atoms with Crippen molar-refractivity contribution < 1.29 is 9.18 Å². The number of aromatic nitrogens is 3. The Labute approximate surface area is 197 Å². The summed E-state index contributed by atoms with van der Waals surface area (Å²) in [5, 5.41) is 11.6. The Kier molecular flexibility index (Phi) is 7.63. The van der Waals surface area contributed by atoms with E-state index in [4.69, 9.17) is 0 Å². The quantitative estimate of drug-likeness (QED) is 0.394. The van der Waals surface area contributed by atoms with Crippen molar-refractivity contribution in [2.24, 2.45) is 0 Å². The predicted molar refractivity (Wildman–Crippen MR) is 127 cm³/mol. The van der Waals surface area contributed by atoms with E-state index in [9.17, 15) is 9.18 Å². The highest BCUT2D eigenvalue weighted by molar-refractivity contribution is 8.00. The third kappa shape index (κ3) is 5.59. The number of carbonyl (C=O) groups is 1. The Morgan fingerprint density at radius 2 is 2.06 bits per heavy atom. The van der Waals surface area contributed by atoms with E-state index in [-0.39, 0.29) is 17.0 Å². The highest BCUT2D eigenvalue weighted by Crippen LogP contribution is 2.35. The minimum Gasteiger partial charge on any atom is -0.340 e. The smallest absolute Gasteiger partial charge is 0.235 e. The number of carbonyl (C=O) groups excluding carboxylic acids is 1. The maximum Gasteiger partial charge on any atom is 0.235 e. The van der Waals surface area contributed by atoms with Gasteiger partial charge in [0.1, 0.15) is 11.6 Å². The van der Waals surface area contributed by atoms with Gasteiger partial charge in [0.05, 0.1) is 5.25 Å². The summed E-state index contributed by atoms with van der Waals surface area (Å²) in [6, 6.07) is 11.0. The van der Waals surface area contributed by atoms with Crippen molar-refractivity contribution in [3.63, 3.8) is 0 Å². The normalized spacial score (nSPS) is 15.6. The zero-order chi connectivity index (χ0) is 22.5. The average Bonchev–Trinajstić information content (AvgIpc) is 3.44. The lowest BCUT2D eigenvalue weighted by Gasteiger charge is -2.26. The van der Waals surface area contributed by atoms with Gasteiger partial charge in [-0.25, -0.2) is 4.39 Å². The third-order valence-electron chi connectivity index (χ3n) is 5.90. The summed E-state index contributed by atoms with van der Waals surface area (Å²) in [6.07, 6.45) is 6.74. The Balaban J connectivity index is 1.49. The lowest BCUT2D eigenvalue weighted by Crippen LogP contribution is -2.33. The van der Waals surface area contributed by atoms with Crippen molar-refractivity contribution >= 4 is 29.0 Å². The molecule has 0 N–H and O–H groups in total. The van der Waals surface area contributed by atoms with Crippen molar-refractivity contribution in [3.05, 3.63) is 63.9 Å². The van der Waals surface area contributed by atoms with Crippen LogP contribution in [-0.2, 0) is 17.8 Å². The van der Waals surface area contributed by atoms with E-state index in [2.05, 4.69) is 32.3 Å². The van der Waals surface area contributed by atoms with Crippen LogP contribution < -0.4 is 0 Å². The fourth-order valence-electron chi connectivity index (χ4n) is 4.29. The zero-order valence-corrected chi connectivity index (χ0v) is 20.2. The zero-order valence-electron chi connectivity index (χ0n) is 18.5. The van der Waals surface area contributed by atoms with Crippen LogP contribution >= 0.6 is 23.1 Å². The molecule has 1 aliphatic carbocycles. The van der Waals surface area contributed by atoms with Crippen molar-refractivity contribution in [1.29, 1.82) is 0 Å². The molecule has 2 aromatic heterocycles. The van der Waals surface area contributed by atoms with Gasteiger partial charge in [-0.1, -0.05) is 49.2 Å². The molecule has 3 aromatic rings. The Hall–Kier alpha value is -2.19. The first-order valence-corrected chi connectivity index (χ1v) is 12.9. The van der Waals surface area contributed by atoms with E-state index in [1.807, 2.05) is 13.0 Å². The summed E-state index contributed by atoms with van der Waals surface area (Å²) in [7, 11) is 1.76. The summed E-state index contributed by atoms with van der Waals surface area (Å²) in [5.74, 6) is 0.691. The van der Waals surface area contributed by atoms with Gasteiger partial charge in [-0.2, -0.15) is 0 Å². The lowest BCUT2D eigenvalue weighted by atomic mass is 9.95. The van der Waals surface area contributed by atoms with Gasteiger partial charge >= 0.3 is 0 Å². The summed E-state index contributed by atoms with van der Waals surface area (Å²) >= 11 is 3.21. The van der Waals surface area contributed by atoms with E-state index < -0.39 is 0 Å². The SMILES string of the molecule is C[C@H](Sc1nnc(Cc2cccs2)n1C1CCCCC1)C(=O)N(C)Cc1cccc(F)c1. The second-order valence-corrected chi connectivity index (χ2v) is 10.7. The van der Waals surface area contributed by atoms with Crippen molar-refractivity contribution in [1.82, 2.24) is 19.7 Å². The lowest BCUT2D eigenvalue weighted by molar-refractivity contribution is -0.129. The summed E-state index contributed by atoms with van der Waals surface area (Å²) in [4.78, 5) is 16.0.